The third kappa shape index (κ3) is 5.57. The van der Waals surface area contributed by atoms with Crippen molar-refractivity contribution in [2.45, 2.75) is 10.9 Å². The average Bonchev–Trinajstić information content (AvgIpc) is 3.24. The molecule has 0 aliphatic carbocycles. The van der Waals surface area contributed by atoms with Gasteiger partial charge in [-0.1, -0.05) is 6.07 Å². The molecule has 1 atom stereocenters. The van der Waals surface area contributed by atoms with Crippen molar-refractivity contribution >= 4 is 40.6 Å². The van der Waals surface area contributed by atoms with Gasteiger partial charge in [-0.3, -0.25) is 14.5 Å². The molecule has 2 aromatic rings. The molecule has 28 heavy (non-hydrogen) atoms. The van der Waals surface area contributed by atoms with E-state index in [1.807, 2.05) is 29.8 Å². The fraction of sp³-hybridized carbons (Fsp3) is 0.400. The average molecular weight is 419 g/mol. The van der Waals surface area contributed by atoms with Crippen LogP contribution in [0.2, 0.25) is 0 Å². The second kappa shape index (κ2) is 10.1. The number of rotatable bonds is 6. The maximum Gasteiger partial charge on any atom is 0.313 e. The molecular formula is C20H26N4O2S2. The van der Waals surface area contributed by atoms with Crippen LogP contribution in [-0.2, 0) is 9.59 Å². The van der Waals surface area contributed by atoms with Crippen molar-refractivity contribution in [2.24, 2.45) is 0 Å². The third-order valence-corrected chi connectivity index (χ3v) is 6.32. The molecule has 150 valence electrons. The van der Waals surface area contributed by atoms with Crippen LogP contribution < -0.4 is 10.6 Å². The van der Waals surface area contributed by atoms with Gasteiger partial charge in [0.15, 0.2) is 0 Å². The maximum atomic E-state index is 12.4. The first kappa shape index (κ1) is 20.9. The first-order chi connectivity index (χ1) is 13.6. The molecule has 2 N–H and O–H groups in total. The monoisotopic (exact) mass is 418 g/mol. The Hall–Kier alpha value is -1.87. The molecule has 0 spiro atoms. The standard InChI is InChI=1S/C20H26N4O2S2/c1-23-7-9-24(10-8-23)18(15-6-11-28-14-15)13-21-19(25)20(26)22-16-4-3-5-17(12-16)27-2/h3-6,11-12,14,18H,7-10,13H2,1-2H3,(H,21,25)(H,22,26). The molecule has 3 rings (SSSR count). The van der Waals surface area contributed by atoms with Gasteiger partial charge >= 0.3 is 11.8 Å². The predicted octanol–water partition coefficient (Wildman–Crippen LogP) is 2.51. The van der Waals surface area contributed by atoms with Crippen molar-refractivity contribution in [2.75, 3.05) is 51.3 Å². The van der Waals surface area contributed by atoms with Gasteiger partial charge in [-0.05, 0) is 53.9 Å². The zero-order valence-corrected chi connectivity index (χ0v) is 17.8. The van der Waals surface area contributed by atoms with Gasteiger partial charge in [-0.25, -0.2) is 0 Å². The van der Waals surface area contributed by atoms with Crippen LogP contribution in [0.1, 0.15) is 11.6 Å². The summed E-state index contributed by atoms with van der Waals surface area (Å²) in [4.78, 5) is 30.4. The SMILES string of the molecule is CSc1cccc(NC(=O)C(=O)NCC(c2ccsc2)N2CCN(C)CC2)c1. The van der Waals surface area contributed by atoms with E-state index in [1.165, 1.54) is 5.56 Å². The molecule has 1 aromatic carbocycles. The smallest absolute Gasteiger partial charge is 0.313 e. The number of hydrogen-bond acceptors (Lipinski definition) is 6. The van der Waals surface area contributed by atoms with Crippen molar-refractivity contribution in [1.29, 1.82) is 0 Å². The topological polar surface area (TPSA) is 64.7 Å². The van der Waals surface area contributed by atoms with E-state index < -0.39 is 11.8 Å². The van der Waals surface area contributed by atoms with Gasteiger partial charge in [0.25, 0.3) is 0 Å². The highest BCUT2D eigenvalue weighted by Crippen LogP contribution is 2.24. The van der Waals surface area contributed by atoms with Crippen molar-refractivity contribution in [3.8, 4) is 0 Å². The minimum atomic E-state index is -0.638. The lowest BCUT2D eigenvalue weighted by molar-refractivity contribution is -0.136. The molecule has 1 aliphatic heterocycles. The van der Waals surface area contributed by atoms with Crippen molar-refractivity contribution in [1.82, 2.24) is 15.1 Å². The van der Waals surface area contributed by atoms with Gasteiger partial charge < -0.3 is 15.5 Å². The number of nitrogens with zero attached hydrogens (tertiary/aromatic N) is 2. The normalized spacial score (nSPS) is 16.5. The Bertz CT molecular complexity index is 789. The van der Waals surface area contributed by atoms with Crippen LogP contribution in [0.4, 0.5) is 5.69 Å². The Morgan fingerprint density at radius 2 is 1.96 bits per heavy atom. The van der Waals surface area contributed by atoms with E-state index in [-0.39, 0.29) is 6.04 Å². The van der Waals surface area contributed by atoms with E-state index in [1.54, 1.807) is 29.2 Å². The summed E-state index contributed by atoms with van der Waals surface area (Å²) in [5, 5.41) is 9.66. The molecule has 0 saturated carbocycles. The highest BCUT2D eigenvalue weighted by Gasteiger charge is 2.25. The number of hydrogen-bond donors (Lipinski definition) is 2. The fourth-order valence-corrected chi connectivity index (χ4v) is 4.38. The molecule has 1 aromatic heterocycles. The summed E-state index contributed by atoms with van der Waals surface area (Å²) >= 11 is 3.23. The fourth-order valence-electron chi connectivity index (χ4n) is 3.21. The molecule has 6 nitrogen and oxygen atoms in total. The number of carbonyl (C=O) groups excluding carboxylic acids is 2. The molecule has 1 unspecified atom stereocenters. The number of anilines is 1. The number of thiophene rings is 1. The molecule has 1 fully saturated rings. The summed E-state index contributed by atoms with van der Waals surface area (Å²) in [5.41, 5.74) is 1.81. The van der Waals surface area contributed by atoms with Crippen molar-refractivity contribution in [3.63, 3.8) is 0 Å². The van der Waals surface area contributed by atoms with E-state index in [0.29, 0.717) is 12.2 Å². The van der Waals surface area contributed by atoms with E-state index >= 15 is 0 Å². The molecule has 1 aliphatic rings. The number of carbonyl (C=O) groups is 2. The molecular weight excluding hydrogens is 392 g/mol. The highest BCUT2D eigenvalue weighted by atomic mass is 32.2. The lowest BCUT2D eigenvalue weighted by atomic mass is 10.1. The lowest BCUT2D eigenvalue weighted by Gasteiger charge is -2.37. The zero-order chi connectivity index (χ0) is 19.9. The van der Waals surface area contributed by atoms with E-state index in [9.17, 15) is 9.59 Å². The lowest BCUT2D eigenvalue weighted by Crippen LogP contribution is -2.49. The molecule has 2 heterocycles. The maximum absolute atomic E-state index is 12.4. The Labute approximate surface area is 174 Å². The van der Waals surface area contributed by atoms with Gasteiger partial charge in [0.05, 0.1) is 6.04 Å². The van der Waals surface area contributed by atoms with E-state index in [0.717, 1.165) is 31.1 Å². The van der Waals surface area contributed by atoms with Gasteiger partial charge in [0.1, 0.15) is 0 Å². The Morgan fingerprint density at radius 1 is 1.18 bits per heavy atom. The van der Waals surface area contributed by atoms with Gasteiger partial charge in [-0.2, -0.15) is 11.3 Å². The quantitative estimate of drug-likeness (QED) is 0.558. The second-order valence-electron chi connectivity index (χ2n) is 6.81. The van der Waals surface area contributed by atoms with E-state index in [2.05, 4.69) is 38.9 Å². The minimum absolute atomic E-state index is 0.0801. The zero-order valence-electron chi connectivity index (χ0n) is 16.2. The molecule has 1 saturated heterocycles. The van der Waals surface area contributed by atoms with Crippen molar-refractivity contribution < 1.29 is 9.59 Å². The van der Waals surface area contributed by atoms with Crippen molar-refractivity contribution in [3.05, 3.63) is 46.7 Å². The Balaban J connectivity index is 1.59. The van der Waals surface area contributed by atoms with Crippen LogP contribution in [0.5, 0.6) is 0 Å². The molecule has 8 heteroatoms. The van der Waals surface area contributed by atoms with Crippen LogP contribution in [0, 0.1) is 0 Å². The Kier molecular flexibility index (Phi) is 7.50. The summed E-state index contributed by atoms with van der Waals surface area (Å²) in [6, 6.07) is 9.63. The van der Waals surface area contributed by atoms with Crippen LogP contribution in [-0.4, -0.2) is 67.6 Å². The highest BCUT2D eigenvalue weighted by molar-refractivity contribution is 7.98. The Morgan fingerprint density at radius 3 is 2.64 bits per heavy atom. The number of benzene rings is 1. The first-order valence-electron chi connectivity index (χ1n) is 9.24. The number of amides is 2. The number of thioether (sulfide) groups is 1. The largest absolute Gasteiger partial charge is 0.346 e. The van der Waals surface area contributed by atoms with Crippen LogP contribution in [0.25, 0.3) is 0 Å². The first-order valence-corrected chi connectivity index (χ1v) is 11.4. The number of nitrogens with one attached hydrogen (secondary N) is 2. The number of piperazine rings is 1. The summed E-state index contributed by atoms with van der Waals surface area (Å²) in [5.74, 6) is -1.25. The third-order valence-electron chi connectivity index (χ3n) is 4.90. The van der Waals surface area contributed by atoms with Gasteiger partial charge in [0, 0.05) is 43.3 Å². The van der Waals surface area contributed by atoms with E-state index in [4.69, 9.17) is 0 Å². The number of likely N-dealkylation sites (N-methyl/N-ethyl adjacent to an activating group) is 1. The summed E-state index contributed by atoms with van der Waals surface area (Å²) in [6.07, 6.45) is 1.97. The molecule has 0 radical (unpaired) electrons. The summed E-state index contributed by atoms with van der Waals surface area (Å²) in [7, 11) is 2.12. The minimum Gasteiger partial charge on any atom is -0.346 e. The summed E-state index contributed by atoms with van der Waals surface area (Å²) in [6.45, 7) is 4.31. The predicted molar refractivity (Wildman–Crippen MR) is 116 cm³/mol. The van der Waals surface area contributed by atoms with Crippen LogP contribution in [0.15, 0.2) is 46.0 Å². The summed E-state index contributed by atoms with van der Waals surface area (Å²) < 4.78 is 0. The molecule has 2 amide bonds. The van der Waals surface area contributed by atoms with Gasteiger partial charge in [-0.15, -0.1) is 11.8 Å². The van der Waals surface area contributed by atoms with Crippen LogP contribution in [0.3, 0.4) is 0 Å². The second-order valence-corrected chi connectivity index (χ2v) is 8.47. The van der Waals surface area contributed by atoms with Crippen LogP contribution >= 0.6 is 23.1 Å². The molecule has 0 bridgehead atoms. The van der Waals surface area contributed by atoms with Gasteiger partial charge in [0.2, 0.25) is 0 Å².